The fourth-order valence-electron chi connectivity index (χ4n) is 1.79. The van der Waals surface area contributed by atoms with Gasteiger partial charge in [-0.2, -0.15) is 0 Å². The van der Waals surface area contributed by atoms with E-state index in [1.807, 2.05) is 0 Å². The molecule has 0 aliphatic heterocycles. The van der Waals surface area contributed by atoms with Crippen LogP contribution in [0, 0.1) is 5.82 Å². The molecule has 0 heterocycles. The second-order valence-electron chi connectivity index (χ2n) is 4.42. The molecule has 3 nitrogen and oxygen atoms in total. The highest BCUT2D eigenvalue weighted by molar-refractivity contribution is 9.10. The lowest BCUT2D eigenvalue weighted by atomic mass is 10.1. The Morgan fingerprint density at radius 1 is 1.30 bits per heavy atom. The van der Waals surface area contributed by atoms with Crippen molar-refractivity contribution in [2.45, 2.75) is 13.0 Å². The van der Waals surface area contributed by atoms with E-state index in [4.69, 9.17) is 0 Å². The predicted molar refractivity (Wildman–Crippen MR) is 78.1 cm³/mol. The Bertz CT molecular complexity index is 646. The summed E-state index contributed by atoms with van der Waals surface area (Å²) in [6, 6.07) is 10.5. The smallest absolute Gasteiger partial charge is 0.251 e. The van der Waals surface area contributed by atoms with E-state index in [2.05, 4.69) is 21.2 Å². The summed E-state index contributed by atoms with van der Waals surface area (Å²) in [7, 11) is 0. The van der Waals surface area contributed by atoms with Crippen molar-refractivity contribution in [3.63, 3.8) is 0 Å². The summed E-state index contributed by atoms with van der Waals surface area (Å²) in [5.74, 6) is -0.715. The van der Waals surface area contributed by atoms with Crippen LogP contribution >= 0.6 is 15.9 Å². The second kappa shape index (κ2) is 6.05. The molecule has 1 unspecified atom stereocenters. The highest BCUT2D eigenvalue weighted by Gasteiger charge is 2.13. The topological polar surface area (TPSA) is 49.3 Å². The largest absolute Gasteiger partial charge is 0.508 e. The van der Waals surface area contributed by atoms with Gasteiger partial charge in [0.25, 0.3) is 5.91 Å². The van der Waals surface area contributed by atoms with Crippen molar-refractivity contribution in [3.05, 3.63) is 63.9 Å². The van der Waals surface area contributed by atoms with Crippen molar-refractivity contribution in [2.24, 2.45) is 0 Å². The molecular weight excluding hydrogens is 325 g/mol. The van der Waals surface area contributed by atoms with Crippen LogP contribution < -0.4 is 5.32 Å². The average Bonchev–Trinajstić information content (AvgIpc) is 2.41. The zero-order chi connectivity index (χ0) is 14.7. The number of nitrogens with one attached hydrogen (secondary N) is 1. The van der Waals surface area contributed by atoms with E-state index in [0.29, 0.717) is 4.47 Å². The van der Waals surface area contributed by atoms with Gasteiger partial charge in [0.2, 0.25) is 0 Å². The Morgan fingerprint density at radius 2 is 2.05 bits per heavy atom. The number of phenolic OH excluding ortho intramolecular Hbond substituents is 1. The van der Waals surface area contributed by atoms with Crippen LogP contribution in [-0.2, 0) is 0 Å². The molecule has 0 aromatic heterocycles. The van der Waals surface area contributed by atoms with E-state index >= 15 is 0 Å². The Balaban J connectivity index is 2.13. The number of amides is 1. The van der Waals surface area contributed by atoms with Gasteiger partial charge in [-0.15, -0.1) is 0 Å². The third-order valence-electron chi connectivity index (χ3n) is 2.90. The highest BCUT2D eigenvalue weighted by atomic mass is 79.9. The van der Waals surface area contributed by atoms with Crippen molar-refractivity contribution in [1.82, 2.24) is 5.32 Å². The first-order valence-electron chi connectivity index (χ1n) is 6.02. The molecule has 2 aromatic carbocycles. The molecule has 0 saturated carbocycles. The maximum Gasteiger partial charge on any atom is 0.251 e. The van der Waals surface area contributed by atoms with E-state index in [1.54, 1.807) is 31.2 Å². The van der Waals surface area contributed by atoms with Gasteiger partial charge in [0.1, 0.15) is 11.6 Å². The fourth-order valence-corrected chi connectivity index (χ4v) is 2.04. The number of carbonyl (C=O) groups excluding carboxylic acids is 1. The number of phenols is 1. The maximum atomic E-state index is 13.4. The molecule has 0 aliphatic carbocycles. The third-order valence-corrected chi connectivity index (χ3v) is 3.54. The first kappa shape index (κ1) is 14.5. The van der Waals surface area contributed by atoms with Crippen LogP contribution in [0.1, 0.15) is 28.9 Å². The molecule has 0 saturated heterocycles. The number of hydrogen-bond acceptors (Lipinski definition) is 2. The number of aromatic hydroxyl groups is 1. The Labute approximate surface area is 124 Å². The molecule has 0 aliphatic rings. The van der Waals surface area contributed by atoms with Gasteiger partial charge >= 0.3 is 0 Å². The number of rotatable bonds is 3. The van der Waals surface area contributed by atoms with Crippen molar-refractivity contribution in [2.75, 3.05) is 0 Å². The third kappa shape index (κ3) is 3.36. The van der Waals surface area contributed by atoms with Crippen molar-refractivity contribution < 1.29 is 14.3 Å². The minimum atomic E-state index is -0.484. The van der Waals surface area contributed by atoms with Crippen molar-refractivity contribution in [3.8, 4) is 5.75 Å². The number of hydrogen-bond donors (Lipinski definition) is 2. The fraction of sp³-hybridized carbons (Fsp3) is 0.133. The minimum absolute atomic E-state index is 0.137. The van der Waals surface area contributed by atoms with Crippen LogP contribution in [0.3, 0.4) is 0 Å². The lowest BCUT2D eigenvalue weighted by Crippen LogP contribution is -2.26. The lowest BCUT2D eigenvalue weighted by molar-refractivity contribution is 0.0939. The molecule has 104 valence electrons. The van der Waals surface area contributed by atoms with Crippen LogP contribution in [0.4, 0.5) is 4.39 Å². The molecule has 0 spiro atoms. The molecule has 2 rings (SSSR count). The van der Waals surface area contributed by atoms with Crippen molar-refractivity contribution in [1.29, 1.82) is 0 Å². The predicted octanol–water partition coefficient (Wildman–Crippen LogP) is 3.78. The number of carbonyl (C=O) groups is 1. The monoisotopic (exact) mass is 337 g/mol. The van der Waals surface area contributed by atoms with E-state index in [9.17, 15) is 14.3 Å². The molecule has 0 bridgehead atoms. The summed E-state index contributed by atoms with van der Waals surface area (Å²) in [6.07, 6.45) is 0. The Morgan fingerprint density at radius 3 is 2.70 bits per heavy atom. The summed E-state index contributed by atoms with van der Waals surface area (Å²) in [6.45, 7) is 1.79. The van der Waals surface area contributed by atoms with Gasteiger partial charge in [-0.1, -0.05) is 12.1 Å². The second-order valence-corrected chi connectivity index (χ2v) is 5.27. The van der Waals surface area contributed by atoms with Crippen LogP contribution in [-0.4, -0.2) is 11.0 Å². The normalized spacial score (nSPS) is 11.9. The summed E-state index contributed by atoms with van der Waals surface area (Å²) < 4.78 is 13.7. The number of halogens is 2. The van der Waals surface area contributed by atoms with Gasteiger partial charge in [-0.25, -0.2) is 4.39 Å². The highest BCUT2D eigenvalue weighted by Crippen LogP contribution is 2.20. The molecule has 2 aromatic rings. The number of benzene rings is 2. The molecular formula is C15H13BrFNO2. The summed E-state index contributed by atoms with van der Waals surface area (Å²) in [5, 5.41) is 12.2. The first-order chi connectivity index (χ1) is 9.47. The molecule has 0 fully saturated rings. The van der Waals surface area contributed by atoms with Gasteiger partial charge in [-0.3, -0.25) is 4.79 Å². The summed E-state index contributed by atoms with van der Waals surface area (Å²) in [5.41, 5.74) is 1.02. The van der Waals surface area contributed by atoms with Gasteiger partial charge < -0.3 is 10.4 Å². The Hall–Kier alpha value is -1.88. The van der Waals surface area contributed by atoms with Gasteiger partial charge in [0, 0.05) is 5.56 Å². The van der Waals surface area contributed by atoms with Gasteiger partial charge in [0.15, 0.2) is 0 Å². The molecule has 0 radical (unpaired) electrons. The van der Waals surface area contributed by atoms with E-state index < -0.39 is 5.82 Å². The van der Waals surface area contributed by atoms with E-state index in [1.165, 1.54) is 18.2 Å². The van der Waals surface area contributed by atoms with Gasteiger partial charge in [0.05, 0.1) is 10.5 Å². The zero-order valence-corrected chi connectivity index (χ0v) is 12.3. The molecule has 1 amide bonds. The molecule has 1 atom stereocenters. The molecule has 5 heteroatoms. The van der Waals surface area contributed by atoms with Crippen LogP contribution in [0.5, 0.6) is 5.75 Å². The van der Waals surface area contributed by atoms with E-state index in [-0.39, 0.29) is 23.3 Å². The minimum Gasteiger partial charge on any atom is -0.508 e. The standard InChI is InChI=1S/C15H13BrFNO2/c1-9(10-3-2-4-12(19)7-10)18-15(20)11-5-6-13(16)14(17)8-11/h2-9,19H,1H3,(H,18,20). The SMILES string of the molecule is CC(NC(=O)c1ccc(Br)c(F)c1)c1cccc(O)c1. The van der Waals surface area contributed by atoms with Crippen LogP contribution in [0.15, 0.2) is 46.9 Å². The van der Waals surface area contributed by atoms with Gasteiger partial charge in [-0.05, 0) is 58.7 Å². The first-order valence-corrected chi connectivity index (χ1v) is 6.81. The summed E-state index contributed by atoms with van der Waals surface area (Å²) in [4.78, 5) is 12.0. The van der Waals surface area contributed by atoms with Crippen LogP contribution in [0.25, 0.3) is 0 Å². The van der Waals surface area contributed by atoms with E-state index in [0.717, 1.165) is 5.56 Å². The quantitative estimate of drug-likeness (QED) is 0.895. The summed E-state index contributed by atoms with van der Waals surface area (Å²) >= 11 is 3.04. The average molecular weight is 338 g/mol. The lowest BCUT2D eigenvalue weighted by Gasteiger charge is -2.14. The Kier molecular flexibility index (Phi) is 4.39. The molecule has 2 N–H and O–H groups in total. The molecule has 20 heavy (non-hydrogen) atoms. The maximum absolute atomic E-state index is 13.4. The zero-order valence-electron chi connectivity index (χ0n) is 10.7. The van der Waals surface area contributed by atoms with Crippen molar-refractivity contribution >= 4 is 21.8 Å². The van der Waals surface area contributed by atoms with Crippen LogP contribution in [0.2, 0.25) is 0 Å².